The fourth-order valence-electron chi connectivity index (χ4n) is 4.94. The number of aromatic nitrogens is 4. The molecule has 3 aliphatic rings. The number of pyridine rings is 1. The number of carbonyl (C=O) groups excluding carboxylic acids is 1. The maximum absolute atomic E-state index is 13.1. The average Bonchev–Trinajstić information content (AvgIpc) is 3.48. The van der Waals surface area contributed by atoms with Crippen LogP contribution in [-0.2, 0) is 17.0 Å². The summed E-state index contributed by atoms with van der Waals surface area (Å²) < 4.78 is 12.9. The van der Waals surface area contributed by atoms with Gasteiger partial charge in [0.05, 0.1) is 11.7 Å². The Morgan fingerprint density at radius 1 is 1.21 bits per heavy atom. The predicted octanol–water partition coefficient (Wildman–Crippen LogP) is 4.55. The Morgan fingerprint density at radius 3 is 3.00 bits per heavy atom. The van der Waals surface area contributed by atoms with Gasteiger partial charge in [0.15, 0.2) is 17.3 Å². The van der Waals surface area contributed by atoms with Crippen LogP contribution in [0.5, 0.6) is 11.5 Å². The van der Waals surface area contributed by atoms with Crippen molar-refractivity contribution in [1.82, 2.24) is 19.7 Å². The fourth-order valence-corrected chi connectivity index (χ4v) is 5.68. The van der Waals surface area contributed by atoms with E-state index in [1.165, 1.54) is 0 Å². The van der Waals surface area contributed by atoms with Gasteiger partial charge in [-0.2, -0.15) is 4.98 Å². The van der Waals surface area contributed by atoms with E-state index in [1.54, 1.807) is 18.0 Å². The third-order valence-electron chi connectivity index (χ3n) is 6.50. The number of hydrogen-bond acceptors (Lipinski definition) is 8. The summed E-state index contributed by atoms with van der Waals surface area (Å²) in [6.07, 6.45) is 4.88. The van der Waals surface area contributed by atoms with Gasteiger partial charge in [0, 0.05) is 29.6 Å². The lowest BCUT2D eigenvalue weighted by molar-refractivity contribution is -0.116. The molecule has 2 aromatic heterocycles. The van der Waals surface area contributed by atoms with Crippen LogP contribution in [0.25, 0.3) is 0 Å². The zero-order chi connectivity index (χ0) is 23.1. The lowest BCUT2D eigenvalue weighted by Crippen LogP contribution is -2.34. The largest absolute Gasteiger partial charge is 0.454 e. The van der Waals surface area contributed by atoms with Crippen molar-refractivity contribution in [3.8, 4) is 11.5 Å². The van der Waals surface area contributed by atoms with E-state index in [0.29, 0.717) is 23.3 Å². The normalized spacial score (nSPS) is 19.4. The first kappa shape index (κ1) is 21.2. The number of thioether (sulfide) groups is 1. The Balaban J connectivity index is 1.30. The monoisotopic (exact) mass is 475 g/mol. The summed E-state index contributed by atoms with van der Waals surface area (Å²) >= 11 is 1.55. The summed E-state index contributed by atoms with van der Waals surface area (Å²) in [6.45, 7) is 2.44. The highest BCUT2D eigenvalue weighted by atomic mass is 32.2. The van der Waals surface area contributed by atoms with Crippen LogP contribution < -0.4 is 14.8 Å². The van der Waals surface area contributed by atoms with Crippen molar-refractivity contribution in [2.75, 3.05) is 12.1 Å². The van der Waals surface area contributed by atoms with Gasteiger partial charge >= 0.3 is 0 Å². The lowest BCUT2D eigenvalue weighted by atomic mass is 9.81. The number of hydrogen-bond donors (Lipinski definition) is 1. The highest BCUT2D eigenvalue weighted by Crippen LogP contribution is 2.42. The number of anilines is 1. The van der Waals surface area contributed by atoms with Crippen LogP contribution in [-0.4, -0.2) is 32.3 Å². The molecule has 2 aliphatic heterocycles. The van der Waals surface area contributed by atoms with E-state index in [0.717, 1.165) is 53.3 Å². The minimum atomic E-state index is -0.166. The van der Waals surface area contributed by atoms with Gasteiger partial charge in [-0.05, 0) is 55.0 Å². The van der Waals surface area contributed by atoms with E-state index in [-0.39, 0.29) is 24.5 Å². The molecular weight excluding hydrogens is 450 g/mol. The maximum Gasteiger partial charge on any atom is 0.231 e. The Labute approximate surface area is 201 Å². The molecule has 3 aromatic rings. The molecule has 174 valence electrons. The van der Waals surface area contributed by atoms with Gasteiger partial charge in [-0.25, -0.2) is 4.68 Å². The molecule has 0 fully saturated rings. The number of allylic oxidation sites excluding steroid dienone is 2. The summed E-state index contributed by atoms with van der Waals surface area (Å²) in [6, 6.07) is 11.8. The molecule has 6 rings (SSSR count). The smallest absolute Gasteiger partial charge is 0.231 e. The molecule has 1 aliphatic carbocycles. The molecule has 0 saturated heterocycles. The van der Waals surface area contributed by atoms with Gasteiger partial charge in [-0.15, -0.1) is 5.10 Å². The second-order valence-corrected chi connectivity index (χ2v) is 9.82. The van der Waals surface area contributed by atoms with Crippen LogP contribution in [0.2, 0.25) is 0 Å². The van der Waals surface area contributed by atoms with Crippen molar-refractivity contribution in [3.63, 3.8) is 0 Å². The summed E-state index contributed by atoms with van der Waals surface area (Å²) in [5.74, 6) is 3.29. The standard InChI is InChI=1S/C25H25N5O3S/c1-15(11-16-8-9-20-21(12-16)33-14-32-20)23-22-18(6-4-7-19(22)31)27-24-28-25(29-30(23)24)34-13-17-5-2-3-10-26-17/h2-3,5,8-10,12,15,23H,4,6-7,11,13-14H2,1H3,(H,27,28,29)/t15-,23+/m0/s1. The second kappa shape index (κ2) is 8.79. The van der Waals surface area contributed by atoms with Gasteiger partial charge in [-0.1, -0.05) is 30.8 Å². The predicted molar refractivity (Wildman–Crippen MR) is 128 cm³/mol. The van der Waals surface area contributed by atoms with Crippen molar-refractivity contribution in [1.29, 1.82) is 0 Å². The van der Waals surface area contributed by atoms with Crippen LogP contribution in [0.3, 0.4) is 0 Å². The molecule has 1 aromatic carbocycles. The molecular formula is C25H25N5O3S. The van der Waals surface area contributed by atoms with Gasteiger partial charge < -0.3 is 14.8 Å². The van der Waals surface area contributed by atoms with E-state index in [2.05, 4.69) is 23.3 Å². The van der Waals surface area contributed by atoms with E-state index >= 15 is 0 Å². The molecule has 2 atom stereocenters. The lowest BCUT2D eigenvalue weighted by Gasteiger charge is -2.35. The van der Waals surface area contributed by atoms with Crippen molar-refractivity contribution in [2.24, 2.45) is 5.92 Å². The van der Waals surface area contributed by atoms with Crippen molar-refractivity contribution in [2.45, 2.75) is 49.6 Å². The Bertz CT molecular complexity index is 1270. The first-order valence-electron chi connectivity index (χ1n) is 11.6. The van der Waals surface area contributed by atoms with Crippen molar-refractivity contribution >= 4 is 23.5 Å². The van der Waals surface area contributed by atoms with Gasteiger partial charge in [0.25, 0.3) is 0 Å². The summed E-state index contributed by atoms with van der Waals surface area (Å²) in [5, 5.41) is 8.93. The number of carbonyl (C=O) groups is 1. The van der Waals surface area contributed by atoms with Crippen molar-refractivity contribution < 1.29 is 14.3 Å². The minimum absolute atomic E-state index is 0.128. The minimum Gasteiger partial charge on any atom is -0.454 e. The summed E-state index contributed by atoms with van der Waals surface area (Å²) in [4.78, 5) is 22.2. The quantitative estimate of drug-likeness (QED) is 0.520. The van der Waals surface area contributed by atoms with Crippen molar-refractivity contribution in [3.05, 3.63) is 65.1 Å². The first-order chi connectivity index (χ1) is 16.7. The number of ketones is 1. The van der Waals surface area contributed by atoms with Gasteiger partial charge in [-0.3, -0.25) is 9.78 Å². The number of benzene rings is 1. The molecule has 0 spiro atoms. The maximum atomic E-state index is 13.1. The first-order valence-corrected chi connectivity index (χ1v) is 12.6. The molecule has 0 unspecified atom stereocenters. The molecule has 1 N–H and O–H groups in total. The molecule has 8 nitrogen and oxygen atoms in total. The molecule has 0 saturated carbocycles. The zero-order valence-electron chi connectivity index (χ0n) is 18.9. The van der Waals surface area contributed by atoms with E-state index < -0.39 is 0 Å². The van der Waals surface area contributed by atoms with E-state index in [4.69, 9.17) is 19.6 Å². The number of fused-ring (bicyclic) bond motifs is 2. The van der Waals surface area contributed by atoms with Crippen LogP contribution in [0.4, 0.5) is 5.95 Å². The van der Waals surface area contributed by atoms with Gasteiger partial charge in [0.1, 0.15) is 0 Å². The molecule has 0 bridgehead atoms. The van der Waals surface area contributed by atoms with Gasteiger partial charge in [0.2, 0.25) is 17.9 Å². The average molecular weight is 476 g/mol. The highest BCUT2D eigenvalue weighted by Gasteiger charge is 2.38. The van der Waals surface area contributed by atoms with E-state index in [9.17, 15) is 4.79 Å². The van der Waals surface area contributed by atoms with E-state index in [1.807, 2.05) is 35.0 Å². The topological polar surface area (TPSA) is 91.2 Å². The number of Topliss-reactive ketones (excluding diaryl/α,β-unsaturated/α-hetero) is 1. The Hall–Kier alpha value is -3.33. The number of nitrogens with one attached hydrogen (secondary N) is 1. The molecule has 0 radical (unpaired) electrons. The fraction of sp³-hybridized carbons (Fsp3) is 0.360. The number of nitrogens with zero attached hydrogens (tertiary/aromatic N) is 4. The van der Waals surface area contributed by atoms with Crippen LogP contribution in [0.1, 0.15) is 43.5 Å². The zero-order valence-corrected chi connectivity index (χ0v) is 19.7. The molecule has 4 heterocycles. The summed E-state index contributed by atoms with van der Waals surface area (Å²) in [5.41, 5.74) is 3.98. The Kier molecular flexibility index (Phi) is 5.49. The van der Waals surface area contributed by atoms with Crippen LogP contribution in [0, 0.1) is 5.92 Å². The second-order valence-electron chi connectivity index (χ2n) is 8.88. The molecule has 34 heavy (non-hydrogen) atoms. The number of ether oxygens (including phenoxy) is 2. The molecule has 9 heteroatoms. The SMILES string of the molecule is C[C@@H](Cc1ccc2c(c1)OCO2)[C@@H]1C2=C(CCCC2=O)Nc2nc(SCc3ccccn3)nn21. The third kappa shape index (κ3) is 3.94. The third-order valence-corrected chi connectivity index (χ3v) is 7.37. The summed E-state index contributed by atoms with van der Waals surface area (Å²) in [7, 11) is 0. The number of rotatable bonds is 6. The van der Waals surface area contributed by atoms with Crippen LogP contribution >= 0.6 is 11.8 Å². The highest BCUT2D eigenvalue weighted by molar-refractivity contribution is 7.98. The van der Waals surface area contributed by atoms with Crippen LogP contribution in [0.15, 0.2) is 59.0 Å². The molecule has 0 amide bonds. The Morgan fingerprint density at radius 2 is 2.12 bits per heavy atom.